The van der Waals surface area contributed by atoms with Crippen molar-refractivity contribution in [1.29, 1.82) is 0 Å². The lowest BCUT2D eigenvalue weighted by Crippen LogP contribution is -2.46. The van der Waals surface area contributed by atoms with Crippen LogP contribution in [-0.2, 0) is 11.2 Å². The quantitative estimate of drug-likeness (QED) is 0.348. The number of carboxylic acids is 1. The average Bonchev–Trinajstić information content (AvgIpc) is 3.22. The van der Waals surface area contributed by atoms with Gasteiger partial charge in [0.2, 0.25) is 0 Å². The van der Waals surface area contributed by atoms with E-state index in [1.807, 2.05) is 24.3 Å². The molecule has 6 heteroatoms. The van der Waals surface area contributed by atoms with Crippen LogP contribution in [0.3, 0.4) is 0 Å². The Balaban J connectivity index is 1.66. The van der Waals surface area contributed by atoms with Gasteiger partial charge in [-0.3, -0.25) is 4.90 Å². The average molecular weight is 475 g/mol. The standard InChI is InChI=1S/C29H28F2N2O2/c1-2-20-16-22-21-10-6-7-11-25(21)32-28(22)29(33(20)17-18-8-4-3-5-9-18)27-23(30)14-19(15-24(27)31)12-13-26(34)35/h1,6-7,10-15,18,20,29,32H,3-5,8-9,16-17H2,(H,34,35)/b13-12+/t20-,29-/m1/s1. The molecule has 1 aromatic heterocycles. The van der Waals surface area contributed by atoms with Crippen molar-refractivity contribution in [2.75, 3.05) is 6.54 Å². The number of hydrogen-bond acceptors (Lipinski definition) is 2. The molecule has 0 spiro atoms. The van der Waals surface area contributed by atoms with Crippen molar-refractivity contribution in [3.05, 3.63) is 76.5 Å². The summed E-state index contributed by atoms with van der Waals surface area (Å²) in [6.07, 6.45) is 14.4. The van der Waals surface area contributed by atoms with E-state index in [-0.39, 0.29) is 17.2 Å². The number of nitrogens with one attached hydrogen (secondary N) is 1. The van der Waals surface area contributed by atoms with Gasteiger partial charge in [-0.2, -0.15) is 0 Å². The van der Waals surface area contributed by atoms with Crippen LogP contribution in [0, 0.1) is 29.9 Å². The van der Waals surface area contributed by atoms with Crippen LogP contribution in [0.2, 0.25) is 0 Å². The summed E-state index contributed by atoms with van der Waals surface area (Å²) in [5, 5.41) is 9.91. The number of carboxylic acid groups (broad SMARTS) is 1. The van der Waals surface area contributed by atoms with Crippen molar-refractivity contribution >= 4 is 22.9 Å². The normalized spacial score (nSPS) is 21.3. The second-order valence-corrected chi connectivity index (χ2v) is 9.62. The maximum atomic E-state index is 15.6. The fourth-order valence-electron chi connectivity index (χ4n) is 5.82. The molecule has 2 aromatic carbocycles. The lowest BCUT2D eigenvalue weighted by Gasteiger charge is -2.42. The van der Waals surface area contributed by atoms with Gasteiger partial charge in [0, 0.05) is 41.2 Å². The van der Waals surface area contributed by atoms with Gasteiger partial charge in [0.15, 0.2) is 0 Å². The van der Waals surface area contributed by atoms with Crippen LogP contribution in [-0.4, -0.2) is 33.5 Å². The molecule has 1 aliphatic heterocycles. The Morgan fingerprint density at radius 1 is 1.17 bits per heavy atom. The van der Waals surface area contributed by atoms with E-state index in [0.29, 0.717) is 18.9 Å². The molecule has 3 aromatic rings. The Hall–Kier alpha value is -3.43. The molecule has 2 N–H and O–H groups in total. The van der Waals surface area contributed by atoms with Gasteiger partial charge in [0.25, 0.3) is 0 Å². The highest BCUT2D eigenvalue weighted by Gasteiger charge is 2.40. The van der Waals surface area contributed by atoms with E-state index in [1.165, 1.54) is 24.6 Å². The largest absolute Gasteiger partial charge is 0.478 e. The highest BCUT2D eigenvalue weighted by molar-refractivity contribution is 5.86. The van der Waals surface area contributed by atoms with E-state index < -0.39 is 23.6 Å². The molecule has 2 aliphatic rings. The Kier molecular flexibility index (Phi) is 6.44. The third-order valence-corrected chi connectivity index (χ3v) is 7.43. The molecule has 4 nitrogen and oxygen atoms in total. The molecule has 0 unspecified atom stereocenters. The number of H-pyrrole nitrogens is 1. The van der Waals surface area contributed by atoms with Crippen LogP contribution >= 0.6 is 0 Å². The summed E-state index contributed by atoms with van der Waals surface area (Å²) >= 11 is 0. The van der Waals surface area contributed by atoms with E-state index in [1.54, 1.807) is 0 Å². The molecule has 2 heterocycles. The first-order valence-electron chi connectivity index (χ1n) is 12.2. The zero-order chi connectivity index (χ0) is 24.5. The van der Waals surface area contributed by atoms with Crippen molar-refractivity contribution in [2.24, 2.45) is 5.92 Å². The van der Waals surface area contributed by atoms with Crippen LogP contribution in [0.15, 0.2) is 42.5 Å². The molecule has 0 bridgehead atoms. The van der Waals surface area contributed by atoms with Crippen LogP contribution in [0.5, 0.6) is 0 Å². The Morgan fingerprint density at radius 3 is 2.57 bits per heavy atom. The maximum Gasteiger partial charge on any atom is 0.328 e. The van der Waals surface area contributed by atoms with Crippen molar-refractivity contribution < 1.29 is 18.7 Å². The minimum Gasteiger partial charge on any atom is -0.478 e. The summed E-state index contributed by atoms with van der Waals surface area (Å²) < 4.78 is 31.3. The summed E-state index contributed by atoms with van der Waals surface area (Å²) in [4.78, 5) is 16.4. The number of rotatable bonds is 5. The van der Waals surface area contributed by atoms with Crippen LogP contribution in [0.4, 0.5) is 8.78 Å². The van der Waals surface area contributed by atoms with Crippen molar-refractivity contribution in [3.8, 4) is 12.3 Å². The third-order valence-electron chi connectivity index (χ3n) is 7.43. The zero-order valence-electron chi connectivity index (χ0n) is 19.4. The van der Waals surface area contributed by atoms with E-state index in [2.05, 4.69) is 15.8 Å². The molecule has 2 atom stereocenters. The summed E-state index contributed by atoms with van der Waals surface area (Å²) in [5.74, 6) is 0.736. The van der Waals surface area contributed by atoms with Gasteiger partial charge in [-0.05, 0) is 54.2 Å². The minimum atomic E-state index is -1.18. The number of halogens is 2. The fraction of sp³-hybridized carbons (Fsp3) is 0.345. The van der Waals surface area contributed by atoms with Crippen molar-refractivity contribution in [3.63, 3.8) is 0 Å². The van der Waals surface area contributed by atoms with Gasteiger partial charge in [-0.25, -0.2) is 13.6 Å². The molecule has 1 fully saturated rings. The molecule has 35 heavy (non-hydrogen) atoms. The molecule has 1 aliphatic carbocycles. The highest BCUT2D eigenvalue weighted by atomic mass is 19.1. The van der Waals surface area contributed by atoms with Gasteiger partial charge in [0.1, 0.15) is 11.6 Å². The van der Waals surface area contributed by atoms with Gasteiger partial charge in [-0.15, -0.1) is 6.42 Å². The molecular weight excluding hydrogens is 446 g/mol. The number of benzene rings is 2. The summed E-state index contributed by atoms with van der Waals surface area (Å²) in [7, 11) is 0. The molecule has 5 rings (SSSR count). The Bertz CT molecular complexity index is 1310. The third kappa shape index (κ3) is 4.49. The van der Waals surface area contributed by atoms with Gasteiger partial charge in [0.05, 0.1) is 12.1 Å². The highest BCUT2D eigenvalue weighted by Crippen LogP contribution is 2.43. The van der Waals surface area contributed by atoms with E-state index >= 15 is 8.78 Å². The minimum absolute atomic E-state index is 0.0546. The number of terminal acetylenes is 1. The Morgan fingerprint density at radius 2 is 1.89 bits per heavy atom. The second-order valence-electron chi connectivity index (χ2n) is 9.62. The van der Waals surface area contributed by atoms with Crippen LogP contribution in [0.25, 0.3) is 17.0 Å². The molecule has 180 valence electrons. The van der Waals surface area contributed by atoms with Gasteiger partial charge in [-0.1, -0.05) is 43.4 Å². The lowest BCUT2D eigenvalue weighted by atomic mass is 9.84. The number of aromatic nitrogens is 1. The van der Waals surface area contributed by atoms with Gasteiger partial charge < -0.3 is 10.1 Å². The SMILES string of the molecule is C#C[C@@H]1Cc2c([nH]c3ccccc23)[C@@H](c2c(F)cc(/C=C/C(=O)O)cc2F)N1CC1CCCCC1. The number of nitrogens with zero attached hydrogens (tertiary/aromatic N) is 1. The predicted octanol–water partition coefficient (Wildman–Crippen LogP) is 6.07. The number of carbonyl (C=O) groups is 1. The number of aromatic amines is 1. The maximum absolute atomic E-state index is 15.6. The summed E-state index contributed by atoms with van der Waals surface area (Å²) in [6.45, 7) is 0.674. The fourth-order valence-corrected chi connectivity index (χ4v) is 5.82. The van der Waals surface area contributed by atoms with E-state index in [0.717, 1.165) is 53.9 Å². The van der Waals surface area contributed by atoms with E-state index in [4.69, 9.17) is 11.5 Å². The first-order chi connectivity index (χ1) is 17.0. The van der Waals surface area contributed by atoms with Crippen LogP contribution < -0.4 is 0 Å². The molecule has 1 saturated carbocycles. The molecule has 0 radical (unpaired) electrons. The first kappa shape index (κ1) is 23.3. The summed E-state index contributed by atoms with van der Waals surface area (Å²) in [6, 6.07) is 9.26. The summed E-state index contributed by atoms with van der Waals surface area (Å²) in [5.41, 5.74) is 2.80. The number of para-hydroxylation sites is 1. The van der Waals surface area contributed by atoms with E-state index in [9.17, 15) is 4.79 Å². The number of fused-ring (bicyclic) bond motifs is 3. The smallest absolute Gasteiger partial charge is 0.328 e. The monoisotopic (exact) mass is 474 g/mol. The number of aliphatic carboxylic acids is 1. The van der Waals surface area contributed by atoms with Gasteiger partial charge >= 0.3 is 5.97 Å². The first-order valence-corrected chi connectivity index (χ1v) is 12.2. The number of hydrogen-bond donors (Lipinski definition) is 2. The zero-order valence-corrected chi connectivity index (χ0v) is 19.4. The van der Waals surface area contributed by atoms with Crippen molar-refractivity contribution in [1.82, 2.24) is 9.88 Å². The molecule has 0 saturated heterocycles. The second kappa shape index (κ2) is 9.67. The lowest BCUT2D eigenvalue weighted by molar-refractivity contribution is -0.131. The molecular formula is C29H28F2N2O2. The Labute approximate surface area is 203 Å². The predicted molar refractivity (Wildman–Crippen MR) is 133 cm³/mol. The molecule has 0 amide bonds. The van der Waals surface area contributed by atoms with Crippen molar-refractivity contribution in [2.45, 2.75) is 50.6 Å². The topological polar surface area (TPSA) is 56.3 Å². The van der Waals surface area contributed by atoms with Crippen LogP contribution in [0.1, 0.15) is 60.5 Å².